The van der Waals surface area contributed by atoms with Crippen LogP contribution in [0.4, 0.5) is 0 Å². The van der Waals surface area contributed by atoms with Gasteiger partial charge in [0.25, 0.3) is 0 Å². The number of hydrogen-bond acceptors (Lipinski definition) is 4. The third-order valence-corrected chi connectivity index (χ3v) is 4.22. The Morgan fingerprint density at radius 2 is 1.70 bits per heavy atom. The fraction of sp³-hybridized carbons (Fsp3) is 0.933. The van der Waals surface area contributed by atoms with Crippen molar-refractivity contribution in [3.05, 3.63) is 0 Å². The number of nitrogens with zero attached hydrogens (tertiary/aromatic N) is 2. The van der Waals surface area contributed by atoms with Crippen LogP contribution in [0, 0.1) is 11.8 Å². The van der Waals surface area contributed by atoms with Gasteiger partial charge in [-0.2, -0.15) is 0 Å². The van der Waals surface area contributed by atoms with Crippen LogP contribution in [0.5, 0.6) is 0 Å². The molecule has 1 aliphatic rings. The van der Waals surface area contributed by atoms with E-state index in [-0.39, 0.29) is 11.8 Å². The molecule has 20 heavy (non-hydrogen) atoms. The van der Waals surface area contributed by atoms with Crippen molar-refractivity contribution in [1.82, 2.24) is 20.4 Å². The van der Waals surface area contributed by atoms with E-state index in [0.717, 1.165) is 39.3 Å². The molecule has 2 unspecified atom stereocenters. The van der Waals surface area contributed by atoms with Gasteiger partial charge in [0.15, 0.2) is 0 Å². The van der Waals surface area contributed by atoms with Gasteiger partial charge in [0.1, 0.15) is 0 Å². The average Bonchev–Trinajstić information content (AvgIpc) is 2.40. The Hall–Kier alpha value is -0.650. The highest BCUT2D eigenvalue weighted by atomic mass is 16.1. The van der Waals surface area contributed by atoms with E-state index in [9.17, 15) is 4.79 Å². The van der Waals surface area contributed by atoms with Gasteiger partial charge in [-0.05, 0) is 20.0 Å². The molecule has 1 saturated heterocycles. The van der Waals surface area contributed by atoms with Gasteiger partial charge in [0, 0.05) is 51.2 Å². The molecule has 1 aliphatic heterocycles. The highest BCUT2D eigenvalue weighted by molar-refractivity contribution is 5.78. The average molecular weight is 284 g/mol. The lowest BCUT2D eigenvalue weighted by molar-refractivity contribution is -0.124. The summed E-state index contributed by atoms with van der Waals surface area (Å²) in [5, 5.41) is 6.17. The summed E-state index contributed by atoms with van der Waals surface area (Å²) in [7, 11) is 4.05. The Bertz CT molecular complexity index is 288. The zero-order valence-electron chi connectivity index (χ0n) is 13.8. The summed E-state index contributed by atoms with van der Waals surface area (Å²) in [4.78, 5) is 16.9. The maximum Gasteiger partial charge on any atom is 0.224 e. The first-order chi connectivity index (χ1) is 9.45. The Balaban J connectivity index is 2.45. The predicted octanol–water partition coefficient (Wildman–Crippen LogP) is 0.230. The second-order valence-electron chi connectivity index (χ2n) is 6.35. The largest absolute Gasteiger partial charge is 0.354 e. The van der Waals surface area contributed by atoms with Crippen LogP contribution >= 0.6 is 0 Å². The van der Waals surface area contributed by atoms with E-state index in [4.69, 9.17) is 0 Å². The number of rotatable bonds is 7. The molecule has 0 aliphatic carbocycles. The smallest absolute Gasteiger partial charge is 0.224 e. The SMILES string of the molecule is CNCC(C)C(=O)NCC(C(C)C)N1CCN(C)CC1. The number of carbonyl (C=O) groups excluding carboxylic acids is 1. The summed E-state index contributed by atoms with van der Waals surface area (Å²) in [6.45, 7) is 12.4. The molecular weight excluding hydrogens is 252 g/mol. The van der Waals surface area contributed by atoms with Gasteiger partial charge in [-0.3, -0.25) is 9.69 Å². The van der Waals surface area contributed by atoms with Crippen LogP contribution in [0.15, 0.2) is 0 Å². The van der Waals surface area contributed by atoms with Crippen molar-refractivity contribution in [3.8, 4) is 0 Å². The van der Waals surface area contributed by atoms with Gasteiger partial charge in [0.2, 0.25) is 5.91 Å². The lowest BCUT2D eigenvalue weighted by Gasteiger charge is -2.40. The van der Waals surface area contributed by atoms with Crippen LogP contribution in [0.1, 0.15) is 20.8 Å². The molecular formula is C15H32N4O. The molecule has 2 N–H and O–H groups in total. The molecule has 1 rings (SSSR count). The first-order valence-electron chi connectivity index (χ1n) is 7.80. The monoisotopic (exact) mass is 284 g/mol. The standard InChI is InChI=1S/C15H32N4O/c1-12(2)14(19-8-6-18(5)7-9-19)11-17-15(20)13(3)10-16-4/h12-14,16H,6-11H2,1-5H3,(H,17,20). The minimum atomic E-state index is 0.0281. The quantitative estimate of drug-likeness (QED) is 0.703. The number of amides is 1. The van der Waals surface area contributed by atoms with E-state index in [2.05, 4.69) is 41.3 Å². The molecule has 0 saturated carbocycles. The first-order valence-corrected chi connectivity index (χ1v) is 7.80. The van der Waals surface area contributed by atoms with Crippen molar-refractivity contribution < 1.29 is 4.79 Å². The third-order valence-electron chi connectivity index (χ3n) is 4.22. The van der Waals surface area contributed by atoms with Crippen molar-refractivity contribution in [2.75, 3.05) is 53.4 Å². The fourth-order valence-corrected chi connectivity index (χ4v) is 2.72. The van der Waals surface area contributed by atoms with Gasteiger partial charge in [-0.25, -0.2) is 0 Å². The molecule has 1 fully saturated rings. The molecule has 5 heteroatoms. The molecule has 2 atom stereocenters. The zero-order chi connectivity index (χ0) is 15.1. The zero-order valence-corrected chi connectivity index (χ0v) is 13.8. The predicted molar refractivity (Wildman–Crippen MR) is 83.8 cm³/mol. The van der Waals surface area contributed by atoms with E-state index in [1.54, 1.807) is 0 Å². The van der Waals surface area contributed by atoms with Gasteiger partial charge >= 0.3 is 0 Å². The van der Waals surface area contributed by atoms with Crippen LogP contribution < -0.4 is 10.6 Å². The summed E-state index contributed by atoms with van der Waals surface area (Å²) in [6.07, 6.45) is 0. The van der Waals surface area contributed by atoms with Gasteiger partial charge in [-0.15, -0.1) is 0 Å². The van der Waals surface area contributed by atoms with Crippen LogP contribution in [-0.2, 0) is 4.79 Å². The lowest BCUT2D eigenvalue weighted by Crippen LogP contribution is -2.54. The van der Waals surface area contributed by atoms with Crippen molar-refractivity contribution in [1.29, 1.82) is 0 Å². The highest BCUT2D eigenvalue weighted by Gasteiger charge is 2.25. The van der Waals surface area contributed by atoms with Gasteiger partial charge in [-0.1, -0.05) is 20.8 Å². The number of carbonyl (C=O) groups is 1. The van der Waals surface area contributed by atoms with E-state index in [1.807, 2.05) is 14.0 Å². The second kappa shape index (κ2) is 8.60. The van der Waals surface area contributed by atoms with E-state index in [1.165, 1.54) is 0 Å². The van der Waals surface area contributed by atoms with Crippen LogP contribution in [0.2, 0.25) is 0 Å². The van der Waals surface area contributed by atoms with Crippen molar-refractivity contribution in [2.45, 2.75) is 26.8 Å². The van der Waals surface area contributed by atoms with Crippen molar-refractivity contribution >= 4 is 5.91 Å². The van der Waals surface area contributed by atoms with E-state index < -0.39 is 0 Å². The van der Waals surface area contributed by atoms with E-state index >= 15 is 0 Å². The molecule has 5 nitrogen and oxygen atoms in total. The highest BCUT2D eigenvalue weighted by Crippen LogP contribution is 2.13. The number of likely N-dealkylation sites (N-methyl/N-ethyl adjacent to an activating group) is 1. The maximum atomic E-state index is 12.0. The lowest BCUT2D eigenvalue weighted by atomic mass is 10.0. The molecule has 0 aromatic rings. The van der Waals surface area contributed by atoms with E-state index in [0.29, 0.717) is 12.0 Å². The third kappa shape index (κ3) is 5.38. The summed E-state index contributed by atoms with van der Waals surface area (Å²) in [6, 6.07) is 0.439. The summed E-state index contributed by atoms with van der Waals surface area (Å²) in [5.41, 5.74) is 0. The van der Waals surface area contributed by atoms with Crippen LogP contribution in [-0.4, -0.2) is 75.1 Å². The number of hydrogen-bond donors (Lipinski definition) is 2. The normalized spacial score (nSPS) is 20.9. The maximum absolute atomic E-state index is 12.0. The molecule has 1 heterocycles. The van der Waals surface area contributed by atoms with Crippen molar-refractivity contribution in [2.24, 2.45) is 11.8 Å². The van der Waals surface area contributed by atoms with Crippen LogP contribution in [0.25, 0.3) is 0 Å². The Morgan fingerprint density at radius 1 is 1.10 bits per heavy atom. The Kier molecular flexibility index (Phi) is 7.48. The fourth-order valence-electron chi connectivity index (χ4n) is 2.72. The van der Waals surface area contributed by atoms with Crippen LogP contribution in [0.3, 0.4) is 0 Å². The Labute approximate surface area is 124 Å². The minimum Gasteiger partial charge on any atom is -0.354 e. The summed E-state index contributed by atoms with van der Waals surface area (Å²) >= 11 is 0. The molecule has 118 valence electrons. The first kappa shape index (κ1) is 17.4. The minimum absolute atomic E-state index is 0.0281. The molecule has 1 amide bonds. The Morgan fingerprint density at radius 3 is 2.20 bits per heavy atom. The second-order valence-corrected chi connectivity index (χ2v) is 6.35. The molecule has 0 aromatic heterocycles. The van der Waals surface area contributed by atoms with Gasteiger partial charge < -0.3 is 15.5 Å². The number of piperazine rings is 1. The molecule has 0 aromatic carbocycles. The number of nitrogens with one attached hydrogen (secondary N) is 2. The summed E-state index contributed by atoms with van der Waals surface area (Å²) < 4.78 is 0. The molecule has 0 bridgehead atoms. The topological polar surface area (TPSA) is 47.6 Å². The molecule has 0 spiro atoms. The summed E-state index contributed by atoms with van der Waals surface area (Å²) in [5.74, 6) is 0.734. The molecule has 0 radical (unpaired) electrons. The van der Waals surface area contributed by atoms with Crippen molar-refractivity contribution in [3.63, 3.8) is 0 Å². The van der Waals surface area contributed by atoms with Gasteiger partial charge in [0.05, 0.1) is 0 Å².